The third kappa shape index (κ3) is 2.74. The van der Waals surface area contributed by atoms with Crippen molar-refractivity contribution in [2.45, 2.75) is 6.10 Å². The van der Waals surface area contributed by atoms with E-state index < -0.39 is 0 Å². The van der Waals surface area contributed by atoms with Gasteiger partial charge in [-0.3, -0.25) is 0 Å². The highest BCUT2D eigenvalue weighted by Crippen LogP contribution is 1.99. The molecule has 4 heteroatoms. The van der Waals surface area contributed by atoms with Gasteiger partial charge in [-0.05, 0) is 12.2 Å². The third-order valence-electron chi connectivity index (χ3n) is 1.24. The van der Waals surface area contributed by atoms with E-state index in [0.29, 0.717) is 24.9 Å². The molecule has 0 aromatic rings. The van der Waals surface area contributed by atoms with Crippen LogP contribution in [0.15, 0.2) is 0 Å². The zero-order valence-corrected chi connectivity index (χ0v) is 6.82. The van der Waals surface area contributed by atoms with E-state index >= 15 is 0 Å². The van der Waals surface area contributed by atoms with Gasteiger partial charge in [0, 0.05) is 0 Å². The van der Waals surface area contributed by atoms with Gasteiger partial charge in [0.1, 0.15) is 12.7 Å². The molecule has 0 bridgehead atoms. The molecule has 1 heterocycles. The van der Waals surface area contributed by atoms with Crippen molar-refractivity contribution in [1.82, 2.24) is 5.32 Å². The van der Waals surface area contributed by atoms with Gasteiger partial charge in [0.2, 0.25) is 0 Å². The largest absolute Gasteiger partial charge is 0.463 e. The summed E-state index contributed by atoms with van der Waals surface area (Å²) in [5, 5.41) is 3.32. The Hall–Kier alpha value is -0.790. The van der Waals surface area contributed by atoms with E-state index in [9.17, 15) is 0 Å². The van der Waals surface area contributed by atoms with Crippen LogP contribution in [0.2, 0.25) is 0 Å². The zero-order valence-electron chi connectivity index (χ0n) is 6.00. The normalized spacial score (nSPS) is 22.1. The number of rotatable bonds is 3. The summed E-state index contributed by atoms with van der Waals surface area (Å²) in [5.74, 6) is 2.37. The quantitative estimate of drug-likeness (QED) is 0.365. The Kier molecular flexibility index (Phi) is 3.14. The lowest BCUT2D eigenvalue weighted by molar-refractivity contribution is 0.0795. The standard InChI is InChI=1S/C7H9NO2S/c1-2-3-9-5-6-4-8-7(11)10-6/h1,6H,3-5H2,(H,8,11)/t6-/m0/s1. The van der Waals surface area contributed by atoms with Crippen molar-refractivity contribution in [3.8, 4) is 12.3 Å². The van der Waals surface area contributed by atoms with E-state index in [0.717, 1.165) is 0 Å². The van der Waals surface area contributed by atoms with Crippen LogP contribution in [0.1, 0.15) is 0 Å². The molecule has 0 aliphatic carbocycles. The summed E-state index contributed by atoms with van der Waals surface area (Å²) in [6.07, 6.45) is 5.01. The molecule has 0 aromatic heterocycles. The molecule has 1 aliphatic rings. The Bertz CT molecular complexity index is 187. The van der Waals surface area contributed by atoms with Crippen LogP contribution in [0, 0.1) is 12.3 Å². The van der Waals surface area contributed by atoms with E-state index in [1.54, 1.807) is 0 Å². The molecule has 0 amide bonds. The Labute approximate surface area is 71.1 Å². The lowest BCUT2D eigenvalue weighted by atomic mass is 10.4. The molecule has 1 saturated heterocycles. The average molecular weight is 171 g/mol. The van der Waals surface area contributed by atoms with Crippen LogP contribution in [0.25, 0.3) is 0 Å². The molecule has 0 spiro atoms. The van der Waals surface area contributed by atoms with E-state index in [1.165, 1.54) is 0 Å². The summed E-state index contributed by atoms with van der Waals surface area (Å²) in [5.41, 5.74) is 0. The van der Waals surface area contributed by atoms with Crippen LogP contribution in [0.4, 0.5) is 0 Å². The Balaban J connectivity index is 2.09. The molecule has 1 atom stereocenters. The molecule has 1 N–H and O–H groups in total. The number of nitrogens with one attached hydrogen (secondary N) is 1. The smallest absolute Gasteiger partial charge is 0.257 e. The van der Waals surface area contributed by atoms with Gasteiger partial charge in [0.05, 0.1) is 13.2 Å². The van der Waals surface area contributed by atoms with Crippen LogP contribution < -0.4 is 5.32 Å². The van der Waals surface area contributed by atoms with Crippen molar-refractivity contribution in [2.75, 3.05) is 19.8 Å². The maximum Gasteiger partial charge on any atom is 0.257 e. The van der Waals surface area contributed by atoms with Gasteiger partial charge in [0.25, 0.3) is 5.17 Å². The fourth-order valence-electron chi connectivity index (χ4n) is 0.774. The topological polar surface area (TPSA) is 30.5 Å². The molecule has 0 unspecified atom stereocenters. The van der Waals surface area contributed by atoms with Crippen LogP contribution in [-0.4, -0.2) is 31.0 Å². The minimum Gasteiger partial charge on any atom is -0.463 e. The molecule has 0 saturated carbocycles. The van der Waals surface area contributed by atoms with Crippen LogP contribution in [0.3, 0.4) is 0 Å². The van der Waals surface area contributed by atoms with Crippen molar-refractivity contribution in [3.63, 3.8) is 0 Å². The molecule has 3 nitrogen and oxygen atoms in total. The predicted octanol–water partition coefficient (Wildman–Crippen LogP) is -0.0905. The molecule has 60 valence electrons. The monoisotopic (exact) mass is 171 g/mol. The Morgan fingerprint density at radius 3 is 3.27 bits per heavy atom. The van der Waals surface area contributed by atoms with E-state index in [1.807, 2.05) is 0 Å². The maximum absolute atomic E-state index is 5.13. The summed E-state index contributed by atoms with van der Waals surface area (Å²) in [4.78, 5) is 0. The van der Waals surface area contributed by atoms with Gasteiger partial charge in [-0.1, -0.05) is 5.92 Å². The molecule has 0 aromatic carbocycles. The molecule has 1 aliphatic heterocycles. The van der Waals surface area contributed by atoms with Crippen LogP contribution >= 0.6 is 12.2 Å². The number of thiocarbonyl (C=S) groups is 1. The van der Waals surface area contributed by atoms with Gasteiger partial charge in [-0.15, -0.1) is 6.42 Å². The van der Waals surface area contributed by atoms with Crippen molar-refractivity contribution in [2.24, 2.45) is 0 Å². The number of ether oxygens (including phenoxy) is 2. The van der Waals surface area contributed by atoms with Crippen molar-refractivity contribution >= 4 is 17.4 Å². The first kappa shape index (κ1) is 8.31. The van der Waals surface area contributed by atoms with E-state index in [-0.39, 0.29) is 6.10 Å². The first-order chi connectivity index (χ1) is 5.33. The van der Waals surface area contributed by atoms with E-state index in [4.69, 9.17) is 28.1 Å². The summed E-state index contributed by atoms with van der Waals surface area (Å²) >= 11 is 4.75. The number of terminal acetylenes is 1. The molecule has 1 fully saturated rings. The summed E-state index contributed by atoms with van der Waals surface area (Å²) in [6, 6.07) is 0. The summed E-state index contributed by atoms with van der Waals surface area (Å²) < 4.78 is 10.2. The van der Waals surface area contributed by atoms with Crippen LogP contribution in [0.5, 0.6) is 0 Å². The van der Waals surface area contributed by atoms with Crippen LogP contribution in [-0.2, 0) is 9.47 Å². The maximum atomic E-state index is 5.13. The lowest BCUT2D eigenvalue weighted by Crippen LogP contribution is -2.20. The molecule has 0 radical (unpaired) electrons. The minimum atomic E-state index is 0.0239. The second kappa shape index (κ2) is 4.16. The lowest BCUT2D eigenvalue weighted by Gasteiger charge is -2.06. The predicted molar refractivity (Wildman–Crippen MR) is 45.1 cm³/mol. The van der Waals surface area contributed by atoms with Gasteiger partial charge in [-0.2, -0.15) is 0 Å². The molecule has 11 heavy (non-hydrogen) atoms. The van der Waals surface area contributed by atoms with Crippen molar-refractivity contribution in [3.05, 3.63) is 0 Å². The first-order valence-electron chi connectivity index (χ1n) is 3.28. The minimum absolute atomic E-state index is 0.0239. The zero-order chi connectivity index (χ0) is 8.10. The highest BCUT2D eigenvalue weighted by Gasteiger charge is 2.18. The van der Waals surface area contributed by atoms with Gasteiger partial charge in [0.15, 0.2) is 0 Å². The summed E-state index contributed by atoms with van der Waals surface area (Å²) in [7, 11) is 0. The van der Waals surface area contributed by atoms with Gasteiger partial charge < -0.3 is 14.8 Å². The Morgan fingerprint density at radius 2 is 2.73 bits per heavy atom. The molecule has 1 rings (SSSR count). The first-order valence-corrected chi connectivity index (χ1v) is 3.69. The fourth-order valence-corrected chi connectivity index (χ4v) is 0.994. The molecular formula is C7H9NO2S. The fraction of sp³-hybridized carbons (Fsp3) is 0.571. The SMILES string of the molecule is C#CCOC[C@@H]1CNC(=S)O1. The molecular weight excluding hydrogens is 162 g/mol. The number of hydrogen-bond donors (Lipinski definition) is 1. The second-order valence-corrected chi connectivity index (χ2v) is 2.50. The number of hydrogen-bond acceptors (Lipinski definition) is 3. The van der Waals surface area contributed by atoms with Crippen molar-refractivity contribution < 1.29 is 9.47 Å². The Morgan fingerprint density at radius 1 is 1.91 bits per heavy atom. The van der Waals surface area contributed by atoms with Gasteiger partial charge in [-0.25, -0.2) is 0 Å². The van der Waals surface area contributed by atoms with Gasteiger partial charge >= 0.3 is 0 Å². The highest BCUT2D eigenvalue weighted by molar-refractivity contribution is 7.80. The average Bonchev–Trinajstić information content (AvgIpc) is 2.37. The second-order valence-electron chi connectivity index (χ2n) is 2.13. The van der Waals surface area contributed by atoms with Crippen molar-refractivity contribution in [1.29, 1.82) is 0 Å². The van der Waals surface area contributed by atoms with E-state index in [2.05, 4.69) is 11.2 Å². The summed E-state index contributed by atoms with van der Waals surface area (Å²) in [6.45, 7) is 1.54. The third-order valence-corrected chi connectivity index (χ3v) is 1.48. The highest BCUT2D eigenvalue weighted by atomic mass is 32.1.